The van der Waals surface area contributed by atoms with Crippen molar-refractivity contribution in [3.8, 4) is 5.69 Å². The highest BCUT2D eigenvalue weighted by atomic mass is 32.2. The van der Waals surface area contributed by atoms with Gasteiger partial charge in [0.05, 0.1) is 10.4 Å². The standard InChI is InChI=1S/C27H31FN6O2S/c1-27(2,3)37(35,36)33-24-16-22(8-9-23(24)28)34-15-12-20-17-30-26(32-25(20)34)31-21-6-4-18(5-7-21)19-10-13-29-14-11-19/h4-9,12,15-17,19,29,33H,10-11,13-14H2,1-3H3,(H,30,31,32). The van der Waals surface area contributed by atoms with Gasteiger partial charge in [0.1, 0.15) is 11.5 Å². The van der Waals surface area contributed by atoms with Gasteiger partial charge in [0.15, 0.2) is 0 Å². The molecule has 1 fully saturated rings. The molecule has 5 rings (SSSR count). The van der Waals surface area contributed by atoms with Crippen LogP contribution in [0, 0.1) is 5.82 Å². The number of rotatable bonds is 6. The maximum absolute atomic E-state index is 14.5. The fourth-order valence-corrected chi connectivity index (χ4v) is 5.10. The highest BCUT2D eigenvalue weighted by Gasteiger charge is 2.29. The maximum Gasteiger partial charge on any atom is 0.237 e. The van der Waals surface area contributed by atoms with E-state index in [1.165, 1.54) is 17.7 Å². The molecular formula is C27H31FN6O2S. The van der Waals surface area contributed by atoms with E-state index in [2.05, 4.69) is 37.5 Å². The van der Waals surface area contributed by atoms with Gasteiger partial charge in [-0.2, -0.15) is 4.98 Å². The van der Waals surface area contributed by atoms with Crippen LogP contribution < -0.4 is 15.4 Å². The predicted octanol–water partition coefficient (Wildman–Crippen LogP) is 5.31. The van der Waals surface area contributed by atoms with E-state index in [9.17, 15) is 12.8 Å². The zero-order valence-corrected chi connectivity index (χ0v) is 21.9. The van der Waals surface area contributed by atoms with Crippen LogP contribution in [0.4, 0.5) is 21.7 Å². The first-order valence-electron chi connectivity index (χ1n) is 12.3. The summed E-state index contributed by atoms with van der Waals surface area (Å²) in [6.45, 7) is 6.78. The fraction of sp³-hybridized carbons (Fsp3) is 0.333. The Balaban J connectivity index is 1.41. The lowest BCUT2D eigenvalue weighted by Crippen LogP contribution is -2.34. The second-order valence-corrected chi connectivity index (χ2v) is 12.7. The van der Waals surface area contributed by atoms with E-state index in [4.69, 9.17) is 0 Å². The fourth-order valence-electron chi connectivity index (χ4n) is 4.35. The Bertz CT molecular complexity index is 1520. The van der Waals surface area contributed by atoms with Gasteiger partial charge in [-0.05, 0) is 94.6 Å². The largest absolute Gasteiger partial charge is 0.324 e. The Morgan fingerprint density at radius 1 is 1.05 bits per heavy atom. The van der Waals surface area contributed by atoms with Crippen molar-refractivity contribution >= 4 is 38.4 Å². The SMILES string of the molecule is CC(C)(C)S(=O)(=O)Nc1cc(-n2ccc3cnc(Nc4ccc(C5CCNCC5)cc4)nc32)ccc1F. The van der Waals surface area contributed by atoms with Crippen molar-refractivity contribution in [2.75, 3.05) is 23.1 Å². The Kier molecular flexibility index (Phi) is 6.63. The van der Waals surface area contributed by atoms with E-state index in [-0.39, 0.29) is 5.69 Å². The van der Waals surface area contributed by atoms with Gasteiger partial charge in [-0.15, -0.1) is 0 Å². The lowest BCUT2D eigenvalue weighted by Gasteiger charge is -2.23. The number of halogens is 1. The molecular weight excluding hydrogens is 491 g/mol. The molecule has 1 aliphatic heterocycles. The highest BCUT2D eigenvalue weighted by Crippen LogP contribution is 2.28. The molecule has 37 heavy (non-hydrogen) atoms. The van der Waals surface area contributed by atoms with Gasteiger partial charge in [0.2, 0.25) is 16.0 Å². The van der Waals surface area contributed by atoms with Gasteiger partial charge < -0.3 is 15.2 Å². The van der Waals surface area contributed by atoms with Crippen LogP contribution in [-0.4, -0.2) is 40.8 Å². The molecule has 194 valence electrons. The second kappa shape index (κ2) is 9.75. The molecule has 8 nitrogen and oxygen atoms in total. The van der Waals surface area contributed by atoms with E-state index in [0.717, 1.165) is 37.0 Å². The Hall–Kier alpha value is -3.50. The number of sulfonamides is 1. The molecule has 0 radical (unpaired) electrons. The Morgan fingerprint density at radius 2 is 1.78 bits per heavy atom. The summed E-state index contributed by atoms with van der Waals surface area (Å²) in [6, 6.07) is 14.5. The van der Waals surface area contributed by atoms with Crippen molar-refractivity contribution in [2.24, 2.45) is 0 Å². The molecule has 0 amide bonds. The molecule has 0 bridgehead atoms. The molecule has 0 atom stereocenters. The molecule has 10 heteroatoms. The third kappa shape index (κ3) is 5.30. The van der Waals surface area contributed by atoms with Crippen LogP contribution in [-0.2, 0) is 10.0 Å². The van der Waals surface area contributed by atoms with E-state index in [1.54, 1.807) is 43.8 Å². The van der Waals surface area contributed by atoms with Gasteiger partial charge in [-0.25, -0.2) is 17.8 Å². The first-order chi connectivity index (χ1) is 17.6. The molecule has 0 saturated carbocycles. The quantitative estimate of drug-likeness (QED) is 0.317. The van der Waals surface area contributed by atoms with Gasteiger partial charge in [0.25, 0.3) is 0 Å². The lowest BCUT2D eigenvalue weighted by molar-refractivity contribution is 0.460. The number of hydrogen-bond acceptors (Lipinski definition) is 6. The van der Waals surface area contributed by atoms with Crippen molar-refractivity contribution < 1.29 is 12.8 Å². The molecule has 0 spiro atoms. The zero-order chi connectivity index (χ0) is 26.2. The third-order valence-corrected chi connectivity index (χ3v) is 8.78. The summed E-state index contributed by atoms with van der Waals surface area (Å²) >= 11 is 0. The summed E-state index contributed by atoms with van der Waals surface area (Å²) in [5.74, 6) is 0.357. The summed E-state index contributed by atoms with van der Waals surface area (Å²) in [5.41, 5.74) is 3.29. The summed E-state index contributed by atoms with van der Waals surface area (Å²) in [5, 5.41) is 7.46. The summed E-state index contributed by atoms with van der Waals surface area (Å²) in [4.78, 5) is 9.12. The van der Waals surface area contributed by atoms with Crippen LogP contribution in [0.2, 0.25) is 0 Å². The van der Waals surface area contributed by atoms with E-state index in [1.807, 2.05) is 18.2 Å². The monoisotopic (exact) mass is 522 g/mol. The number of aromatic nitrogens is 3. The molecule has 4 aromatic rings. The van der Waals surface area contributed by atoms with Crippen LogP contribution in [0.25, 0.3) is 16.7 Å². The minimum absolute atomic E-state index is 0.115. The second-order valence-electron chi connectivity index (χ2n) is 10.3. The first-order valence-corrected chi connectivity index (χ1v) is 13.8. The number of nitrogens with one attached hydrogen (secondary N) is 3. The number of hydrogen-bond donors (Lipinski definition) is 3. The molecule has 1 saturated heterocycles. The predicted molar refractivity (Wildman–Crippen MR) is 146 cm³/mol. The Labute approximate surface area is 216 Å². The topological polar surface area (TPSA) is 101 Å². The number of piperidine rings is 1. The molecule has 0 unspecified atom stereocenters. The molecule has 3 heterocycles. The van der Waals surface area contributed by atoms with Crippen molar-refractivity contribution in [3.63, 3.8) is 0 Å². The first kappa shape index (κ1) is 25.2. The smallest absolute Gasteiger partial charge is 0.237 e. The van der Waals surface area contributed by atoms with Gasteiger partial charge in [0, 0.05) is 29.2 Å². The van der Waals surface area contributed by atoms with E-state index in [0.29, 0.717) is 23.2 Å². The highest BCUT2D eigenvalue weighted by molar-refractivity contribution is 7.94. The van der Waals surface area contributed by atoms with E-state index < -0.39 is 20.6 Å². The van der Waals surface area contributed by atoms with Crippen molar-refractivity contribution in [1.29, 1.82) is 0 Å². The third-order valence-electron chi connectivity index (χ3n) is 6.68. The normalized spacial score (nSPS) is 15.1. The lowest BCUT2D eigenvalue weighted by atomic mass is 9.90. The number of benzene rings is 2. The Morgan fingerprint density at radius 3 is 2.49 bits per heavy atom. The van der Waals surface area contributed by atoms with Crippen molar-refractivity contribution in [3.05, 3.63) is 72.3 Å². The maximum atomic E-state index is 14.5. The summed E-state index contributed by atoms with van der Waals surface area (Å²) < 4.78 is 42.8. The van der Waals surface area contributed by atoms with Crippen LogP contribution in [0.1, 0.15) is 45.1 Å². The van der Waals surface area contributed by atoms with Crippen LogP contribution in [0.5, 0.6) is 0 Å². The number of nitrogens with zero attached hydrogens (tertiary/aromatic N) is 3. The molecule has 3 N–H and O–H groups in total. The molecule has 2 aromatic heterocycles. The number of fused-ring (bicyclic) bond motifs is 1. The van der Waals surface area contributed by atoms with E-state index >= 15 is 0 Å². The van der Waals surface area contributed by atoms with Crippen molar-refractivity contribution in [1.82, 2.24) is 19.9 Å². The minimum atomic E-state index is -3.79. The average molecular weight is 523 g/mol. The van der Waals surface area contributed by atoms with Gasteiger partial charge in [-0.3, -0.25) is 4.72 Å². The van der Waals surface area contributed by atoms with Crippen LogP contribution >= 0.6 is 0 Å². The zero-order valence-electron chi connectivity index (χ0n) is 21.1. The minimum Gasteiger partial charge on any atom is -0.324 e. The van der Waals surface area contributed by atoms with Gasteiger partial charge in [-0.1, -0.05) is 12.1 Å². The molecule has 1 aliphatic rings. The average Bonchev–Trinajstić information content (AvgIpc) is 3.29. The summed E-state index contributed by atoms with van der Waals surface area (Å²) in [7, 11) is -3.79. The van der Waals surface area contributed by atoms with Crippen LogP contribution in [0.15, 0.2) is 60.9 Å². The molecule has 0 aliphatic carbocycles. The number of anilines is 3. The van der Waals surface area contributed by atoms with Gasteiger partial charge >= 0.3 is 0 Å². The summed E-state index contributed by atoms with van der Waals surface area (Å²) in [6.07, 6.45) is 5.81. The van der Waals surface area contributed by atoms with Crippen LogP contribution in [0.3, 0.4) is 0 Å². The molecule has 2 aromatic carbocycles. The van der Waals surface area contributed by atoms with Crippen molar-refractivity contribution in [2.45, 2.75) is 44.3 Å².